The monoisotopic (exact) mass is 638 g/mol. The normalized spacial score (nSPS) is 11.6. The summed E-state index contributed by atoms with van der Waals surface area (Å²) in [6, 6.07) is 62.2. The van der Waals surface area contributed by atoms with Crippen LogP contribution in [0, 0.1) is 0 Å². The molecule has 0 N–H and O–H groups in total. The van der Waals surface area contributed by atoms with E-state index in [2.05, 4.69) is 161 Å². The predicted molar refractivity (Wildman–Crippen MR) is 207 cm³/mol. The molecule has 0 saturated heterocycles. The third-order valence-electron chi connectivity index (χ3n) is 9.79. The van der Waals surface area contributed by atoms with Crippen molar-refractivity contribution in [3.63, 3.8) is 0 Å². The fourth-order valence-corrected chi connectivity index (χ4v) is 7.59. The molecule has 7 aromatic carbocycles. The lowest BCUT2D eigenvalue weighted by Crippen LogP contribution is -2.02. The SMILES string of the molecule is c1ccc(-c2ncc(-n3c4ccccc4c4ccc(-c5cccc6c5c5ccccc5n6-c5ccccc5)cc43)c(-c3ccccc3)n2)cc1. The Morgan fingerprint density at radius 3 is 1.76 bits per heavy atom. The Morgan fingerprint density at radius 2 is 1.00 bits per heavy atom. The first-order valence-corrected chi connectivity index (χ1v) is 16.9. The molecule has 3 aromatic heterocycles. The van der Waals surface area contributed by atoms with Crippen LogP contribution in [0.15, 0.2) is 182 Å². The Morgan fingerprint density at radius 1 is 0.400 bits per heavy atom. The topological polar surface area (TPSA) is 35.6 Å². The van der Waals surface area contributed by atoms with Crippen LogP contribution in [0.3, 0.4) is 0 Å². The number of hydrogen-bond donors (Lipinski definition) is 0. The van der Waals surface area contributed by atoms with E-state index in [4.69, 9.17) is 9.97 Å². The molecule has 10 aromatic rings. The van der Waals surface area contributed by atoms with Crippen LogP contribution in [-0.2, 0) is 0 Å². The molecule has 3 heterocycles. The van der Waals surface area contributed by atoms with Crippen LogP contribution in [0.25, 0.3) is 88.8 Å². The number of aromatic nitrogens is 4. The van der Waals surface area contributed by atoms with E-state index in [1.165, 1.54) is 38.1 Å². The van der Waals surface area contributed by atoms with Gasteiger partial charge in [0.1, 0.15) is 0 Å². The average molecular weight is 639 g/mol. The van der Waals surface area contributed by atoms with Gasteiger partial charge in [-0.3, -0.25) is 0 Å². The summed E-state index contributed by atoms with van der Waals surface area (Å²) in [6.07, 6.45) is 1.99. The van der Waals surface area contributed by atoms with Crippen molar-refractivity contribution in [3.05, 3.63) is 182 Å². The highest BCUT2D eigenvalue weighted by Crippen LogP contribution is 2.41. The lowest BCUT2D eigenvalue weighted by molar-refractivity contribution is 1.09. The number of benzene rings is 7. The van der Waals surface area contributed by atoms with E-state index >= 15 is 0 Å². The van der Waals surface area contributed by atoms with Crippen LogP contribution >= 0.6 is 0 Å². The molecule has 0 atom stereocenters. The minimum absolute atomic E-state index is 0.705. The van der Waals surface area contributed by atoms with Gasteiger partial charge in [0, 0.05) is 38.4 Å². The quantitative estimate of drug-likeness (QED) is 0.188. The minimum Gasteiger partial charge on any atom is -0.309 e. The van der Waals surface area contributed by atoms with Gasteiger partial charge in [-0.25, -0.2) is 9.97 Å². The largest absolute Gasteiger partial charge is 0.309 e. The van der Waals surface area contributed by atoms with Gasteiger partial charge >= 0.3 is 0 Å². The first-order valence-electron chi connectivity index (χ1n) is 16.9. The molecule has 0 radical (unpaired) electrons. The van der Waals surface area contributed by atoms with Crippen molar-refractivity contribution in [1.29, 1.82) is 0 Å². The van der Waals surface area contributed by atoms with E-state index in [1.807, 2.05) is 30.5 Å². The number of rotatable bonds is 5. The van der Waals surface area contributed by atoms with Crippen LogP contribution in [0.4, 0.5) is 0 Å². The summed E-state index contributed by atoms with van der Waals surface area (Å²) in [4.78, 5) is 10.2. The van der Waals surface area contributed by atoms with Gasteiger partial charge in [-0.05, 0) is 47.5 Å². The Hall–Kier alpha value is -6.78. The Kier molecular flexibility index (Phi) is 6.46. The molecule has 50 heavy (non-hydrogen) atoms. The molecule has 4 heteroatoms. The van der Waals surface area contributed by atoms with Gasteiger partial charge in [0.15, 0.2) is 5.82 Å². The van der Waals surface area contributed by atoms with Crippen molar-refractivity contribution in [3.8, 4) is 45.1 Å². The molecule has 0 aliphatic heterocycles. The highest BCUT2D eigenvalue weighted by atomic mass is 15.0. The molecule has 4 nitrogen and oxygen atoms in total. The molecule has 0 saturated carbocycles. The number of nitrogens with zero attached hydrogens (tertiary/aromatic N) is 4. The molecule has 0 amide bonds. The lowest BCUT2D eigenvalue weighted by Gasteiger charge is -2.15. The Balaban J connectivity index is 1.26. The molecule has 234 valence electrons. The molecule has 0 unspecified atom stereocenters. The summed E-state index contributed by atoms with van der Waals surface area (Å²) in [5.74, 6) is 0.705. The van der Waals surface area contributed by atoms with Crippen LogP contribution in [0.1, 0.15) is 0 Å². The van der Waals surface area contributed by atoms with Crippen molar-refractivity contribution in [2.45, 2.75) is 0 Å². The zero-order valence-corrected chi connectivity index (χ0v) is 27.1. The Labute approximate surface area is 289 Å². The summed E-state index contributed by atoms with van der Waals surface area (Å²) in [7, 11) is 0. The number of hydrogen-bond acceptors (Lipinski definition) is 2. The maximum Gasteiger partial charge on any atom is 0.159 e. The van der Waals surface area contributed by atoms with Crippen LogP contribution in [0.2, 0.25) is 0 Å². The van der Waals surface area contributed by atoms with E-state index < -0.39 is 0 Å². The van der Waals surface area contributed by atoms with Crippen molar-refractivity contribution in [2.24, 2.45) is 0 Å². The van der Waals surface area contributed by atoms with E-state index in [-0.39, 0.29) is 0 Å². The van der Waals surface area contributed by atoms with Crippen molar-refractivity contribution < 1.29 is 0 Å². The zero-order chi connectivity index (χ0) is 33.0. The standard InChI is InChI=1S/C46H30N4/c1-4-15-31(16-5-1)45-43(30-47-46(48-45)32-17-6-2-7-18-32)50-39-24-12-10-21-36(39)37-28-27-33(29-42(37)50)35-23-14-26-41-44(35)38-22-11-13-25-40(38)49(41)34-19-8-3-9-20-34/h1-30H. The first-order chi connectivity index (χ1) is 24.8. The van der Waals surface area contributed by atoms with E-state index in [1.54, 1.807) is 0 Å². The third kappa shape index (κ3) is 4.39. The zero-order valence-electron chi connectivity index (χ0n) is 27.1. The van der Waals surface area contributed by atoms with Crippen LogP contribution in [-0.4, -0.2) is 19.1 Å². The molecular weight excluding hydrogens is 609 g/mol. The maximum absolute atomic E-state index is 5.24. The van der Waals surface area contributed by atoms with Gasteiger partial charge in [-0.1, -0.05) is 140 Å². The molecule has 0 aliphatic carbocycles. The van der Waals surface area contributed by atoms with Crippen molar-refractivity contribution in [2.75, 3.05) is 0 Å². The second kappa shape index (κ2) is 11.4. The molecular formula is C46H30N4. The molecule has 0 aliphatic rings. The summed E-state index contributed by atoms with van der Waals surface area (Å²) in [5.41, 5.74) is 12.0. The second-order valence-corrected chi connectivity index (χ2v) is 12.6. The van der Waals surface area contributed by atoms with Gasteiger partial charge in [0.25, 0.3) is 0 Å². The van der Waals surface area contributed by atoms with Crippen molar-refractivity contribution >= 4 is 43.6 Å². The number of fused-ring (bicyclic) bond motifs is 6. The highest BCUT2D eigenvalue weighted by Gasteiger charge is 2.20. The molecule has 0 fully saturated rings. The molecule has 0 spiro atoms. The summed E-state index contributed by atoms with van der Waals surface area (Å²) >= 11 is 0. The second-order valence-electron chi connectivity index (χ2n) is 12.6. The van der Waals surface area contributed by atoms with E-state index in [0.717, 1.165) is 44.8 Å². The predicted octanol–water partition coefficient (Wildman–Crippen LogP) is 11.7. The molecule has 0 bridgehead atoms. The minimum atomic E-state index is 0.705. The highest BCUT2D eigenvalue weighted by molar-refractivity contribution is 6.17. The van der Waals surface area contributed by atoms with E-state index in [9.17, 15) is 0 Å². The fraction of sp³-hybridized carbons (Fsp3) is 0. The third-order valence-corrected chi connectivity index (χ3v) is 9.79. The fourth-order valence-electron chi connectivity index (χ4n) is 7.59. The lowest BCUT2D eigenvalue weighted by atomic mass is 9.98. The first kappa shape index (κ1) is 28.3. The van der Waals surface area contributed by atoms with Gasteiger partial charge < -0.3 is 9.13 Å². The van der Waals surface area contributed by atoms with Gasteiger partial charge in [-0.2, -0.15) is 0 Å². The summed E-state index contributed by atoms with van der Waals surface area (Å²) in [6.45, 7) is 0. The van der Waals surface area contributed by atoms with Crippen molar-refractivity contribution in [1.82, 2.24) is 19.1 Å². The van der Waals surface area contributed by atoms with E-state index in [0.29, 0.717) is 5.82 Å². The van der Waals surface area contributed by atoms with Crippen LogP contribution < -0.4 is 0 Å². The van der Waals surface area contributed by atoms with Gasteiger partial charge in [-0.15, -0.1) is 0 Å². The van der Waals surface area contributed by atoms with Gasteiger partial charge in [0.2, 0.25) is 0 Å². The van der Waals surface area contributed by atoms with Gasteiger partial charge in [0.05, 0.1) is 39.6 Å². The Bertz CT molecular complexity index is 2850. The average Bonchev–Trinajstić information content (AvgIpc) is 3.71. The maximum atomic E-state index is 5.24. The summed E-state index contributed by atoms with van der Waals surface area (Å²) < 4.78 is 4.72. The van der Waals surface area contributed by atoms with Crippen LogP contribution in [0.5, 0.6) is 0 Å². The smallest absolute Gasteiger partial charge is 0.159 e. The number of para-hydroxylation sites is 3. The summed E-state index contributed by atoms with van der Waals surface area (Å²) in [5, 5.41) is 4.86. The molecule has 10 rings (SSSR count).